The van der Waals surface area contributed by atoms with E-state index in [0.29, 0.717) is 11.3 Å². The van der Waals surface area contributed by atoms with Crippen molar-refractivity contribution in [1.82, 2.24) is 14.7 Å². The highest BCUT2D eigenvalue weighted by Crippen LogP contribution is 2.19. The lowest BCUT2D eigenvalue weighted by Gasteiger charge is -2.25. The number of rotatable bonds is 5. The van der Waals surface area contributed by atoms with E-state index in [1.165, 1.54) is 4.90 Å². The summed E-state index contributed by atoms with van der Waals surface area (Å²) in [4.78, 5) is 41.3. The van der Waals surface area contributed by atoms with Crippen LogP contribution < -0.4 is 5.32 Å². The molecule has 1 fully saturated rings. The molecule has 0 saturated carbocycles. The molecule has 1 aromatic carbocycles. The van der Waals surface area contributed by atoms with Crippen molar-refractivity contribution >= 4 is 23.4 Å². The van der Waals surface area contributed by atoms with Gasteiger partial charge in [-0.15, -0.1) is 0 Å². The van der Waals surface area contributed by atoms with Crippen molar-refractivity contribution in [3.8, 4) is 0 Å². The van der Waals surface area contributed by atoms with Gasteiger partial charge in [0.15, 0.2) is 0 Å². The first kappa shape index (κ1) is 18.9. The number of hydrogen-bond acceptors (Lipinski definition) is 4. The van der Waals surface area contributed by atoms with Gasteiger partial charge in [-0.3, -0.25) is 19.3 Å². The van der Waals surface area contributed by atoms with E-state index in [1.807, 2.05) is 4.90 Å². The number of benzene rings is 1. The summed E-state index contributed by atoms with van der Waals surface area (Å²) < 4.78 is 0. The molecule has 2 rings (SSSR count). The van der Waals surface area contributed by atoms with E-state index in [4.69, 9.17) is 0 Å². The third-order valence-corrected chi connectivity index (χ3v) is 4.26. The number of carbonyl (C=O) groups is 3. The van der Waals surface area contributed by atoms with Crippen molar-refractivity contribution in [2.75, 3.05) is 46.6 Å². The average Bonchev–Trinajstić information content (AvgIpc) is 3.01. The van der Waals surface area contributed by atoms with E-state index in [9.17, 15) is 14.4 Å². The van der Waals surface area contributed by atoms with Crippen molar-refractivity contribution in [3.05, 3.63) is 29.8 Å². The van der Waals surface area contributed by atoms with Crippen LogP contribution in [0.25, 0.3) is 0 Å². The first-order valence-electron chi connectivity index (χ1n) is 8.36. The lowest BCUT2D eigenvalue weighted by Crippen LogP contribution is -2.45. The maximum absolute atomic E-state index is 12.3. The van der Waals surface area contributed by atoms with E-state index >= 15 is 0 Å². The average molecular weight is 346 g/mol. The van der Waals surface area contributed by atoms with Gasteiger partial charge in [-0.2, -0.15) is 0 Å². The molecule has 7 nitrogen and oxygen atoms in total. The van der Waals surface area contributed by atoms with Crippen LogP contribution in [0, 0.1) is 0 Å². The number of nitrogens with zero attached hydrogens (tertiary/aromatic N) is 3. The number of likely N-dealkylation sites (N-methyl/N-ethyl adjacent to an activating group) is 1. The molecule has 1 N–H and O–H groups in total. The Hall–Kier alpha value is -2.41. The maximum Gasteiger partial charge on any atom is 0.253 e. The summed E-state index contributed by atoms with van der Waals surface area (Å²) in [5.41, 5.74) is 1.20. The zero-order chi connectivity index (χ0) is 18.6. The van der Waals surface area contributed by atoms with E-state index in [1.54, 1.807) is 57.4 Å². The lowest BCUT2D eigenvalue weighted by molar-refractivity contribution is -0.133. The summed E-state index contributed by atoms with van der Waals surface area (Å²) in [6.45, 7) is 0.927. The van der Waals surface area contributed by atoms with Gasteiger partial charge in [0.25, 0.3) is 5.91 Å². The highest BCUT2D eigenvalue weighted by molar-refractivity contribution is 5.96. The quantitative estimate of drug-likeness (QED) is 0.859. The van der Waals surface area contributed by atoms with Crippen molar-refractivity contribution in [2.45, 2.75) is 18.9 Å². The molecule has 0 aliphatic carbocycles. The highest BCUT2D eigenvalue weighted by Gasteiger charge is 2.32. The second kappa shape index (κ2) is 8.11. The van der Waals surface area contributed by atoms with Gasteiger partial charge in [0.05, 0.1) is 12.6 Å². The number of amides is 3. The van der Waals surface area contributed by atoms with Crippen LogP contribution in [0.4, 0.5) is 5.69 Å². The summed E-state index contributed by atoms with van der Waals surface area (Å²) >= 11 is 0. The van der Waals surface area contributed by atoms with Crippen molar-refractivity contribution in [3.63, 3.8) is 0 Å². The molecular formula is C18H26N4O3. The monoisotopic (exact) mass is 346 g/mol. The second-order valence-electron chi connectivity index (χ2n) is 6.69. The van der Waals surface area contributed by atoms with Crippen LogP contribution in [0.5, 0.6) is 0 Å². The Morgan fingerprint density at radius 3 is 2.28 bits per heavy atom. The predicted molar refractivity (Wildman–Crippen MR) is 96.4 cm³/mol. The van der Waals surface area contributed by atoms with Gasteiger partial charge in [-0.05, 0) is 43.7 Å². The summed E-state index contributed by atoms with van der Waals surface area (Å²) in [6.07, 6.45) is 1.70. The number of carbonyl (C=O) groups excluding carboxylic acids is 3. The Balaban J connectivity index is 1.94. The fraction of sp³-hybridized carbons (Fsp3) is 0.500. The van der Waals surface area contributed by atoms with Gasteiger partial charge < -0.3 is 15.1 Å². The van der Waals surface area contributed by atoms with Gasteiger partial charge in [-0.25, -0.2) is 0 Å². The molecule has 1 unspecified atom stereocenters. The maximum atomic E-state index is 12.3. The number of hydrogen-bond donors (Lipinski definition) is 1. The minimum absolute atomic E-state index is 0.0388. The third kappa shape index (κ3) is 4.79. The molecular weight excluding hydrogens is 320 g/mol. The largest absolute Gasteiger partial charge is 0.347 e. The van der Waals surface area contributed by atoms with Crippen LogP contribution in [0.3, 0.4) is 0 Å². The molecule has 0 aromatic heterocycles. The third-order valence-electron chi connectivity index (χ3n) is 4.26. The Kier molecular flexibility index (Phi) is 6.14. The molecule has 0 spiro atoms. The van der Waals surface area contributed by atoms with Crippen LogP contribution in [0.1, 0.15) is 23.2 Å². The van der Waals surface area contributed by atoms with Crippen LogP contribution in [-0.2, 0) is 9.59 Å². The lowest BCUT2D eigenvalue weighted by atomic mass is 10.2. The fourth-order valence-corrected chi connectivity index (χ4v) is 2.93. The Bertz CT molecular complexity index is 640. The van der Waals surface area contributed by atoms with Crippen LogP contribution in [-0.4, -0.2) is 79.7 Å². The summed E-state index contributed by atoms with van der Waals surface area (Å²) in [7, 11) is 6.85. The van der Waals surface area contributed by atoms with Crippen molar-refractivity contribution < 1.29 is 14.4 Å². The number of nitrogens with one attached hydrogen (secondary N) is 1. The zero-order valence-corrected chi connectivity index (χ0v) is 15.3. The second-order valence-corrected chi connectivity index (χ2v) is 6.69. The van der Waals surface area contributed by atoms with Crippen LogP contribution in [0.15, 0.2) is 24.3 Å². The number of likely N-dealkylation sites (tertiary alicyclic amines) is 1. The highest BCUT2D eigenvalue weighted by atomic mass is 16.2. The molecule has 1 aromatic rings. The van der Waals surface area contributed by atoms with Gasteiger partial charge in [-0.1, -0.05) is 0 Å². The Morgan fingerprint density at radius 2 is 1.72 bits per heavy atom. The Morgan fingerprint density at radius 1 is 1.08 bits per heavy atom. The van der Waals surface area contributed by atoms with E-state index < -0.39 is 0 Å². The van der Waals surface area contributed by atoms with E-state index in [0.717, 1.165) is 19.4 Å². The summed E-state index contributed by atoms with van der Waals surface area (Å²) in [5, 5.41) is 2.82. The molecule has 136 valence electrons. The zero-order valence-electron chi connectivity index (χ0n) is 15.3. The molecule has 1 heterocycles. The van der Waals surface area contributed by atoms with Crippen LogP contribution in [0.2, 0.25) is 0 Å². The standard InChI is InChI=1S/C18H26N4O3/c1-20(2)17(24)13-7-9-14(10-8-13)19-16(23)12-22-11-5-6-15(22)18(25)21(3)4/h7-10,15H,5-6,11-12H2,1-4H3,(H,19,23). The molecule has 25 heavy (non-hydrogen) atoms. The molecule has 0 bridgehead atoms. The SMILES string of the molecule is CN(C)C(=O)c1ccc(NC(=O)CN2CCCC2C(=O)N(C)C)cc1. The summed E-state index contributed by atoms with van der Waals surface area (Å²) in [6, 6.07) is 6.57. The van der Waals surface area contributed by atoms with Gasteiger partial charge >= 0.3 is 0 Å². The van der Waals surface area contributed by atoms with E-state index in [2.05, 4.69) is 5.32 Å². The first-order valence-corrected chi connectivity index (χ1v) is 8.36. The molecule has 1 atom stereocenters. The minimum atomic E-state index is -0.221. The topological polar surface area (TPSA) is 73.0 Å². The fourth-order valence-electron chi connectivity index (χ4n) is 2.93. The molecule has 0 radical (unpaired) electrons. The predicted octanol–water partition coefficient (Wildman–Crippen LogP) is 0.880. The molecule has 3 amide bonds. The van der Waals surface area contributed by atoms with Crippen LogP contribution >= 0.6 is 0 Å². The molecule has 7 heteroatoms. The van der Waals surface area contributed by atoms with Gasteiger partial charge in [0, 0.05) is 39.4 Å². The van der Waals surface area contributed by atoms with Crippen molar-refractivity contribution in [2.24, 2.45) is 0 Å². The Labute approximate surface area is 148 Å². The van der Waals surface area contributed by atoms with E-state index in [-0.39, 0.29) is 30.3 Å². The summed E-state index contributed by atoms with van der Waals surface area (Å²) in [5.74, 6) is -0.207. The minimum Gasteiger partial charge on any atom is -0.347 e. The van der Waals surface area contributed by atoms with Gasteiger partial charge in [0.1, 0.15) is 0 Å². The number of anilines is 1. The molecule has 1 saturated heterocycles. The van der Waals surface area contributed by atoms with Gasteiger partial charge in [0.2, 0.25) is 11.8 Å². The molecule has 1 aliphatic heterocycles. The normalized spacial score (nSPS) is 17.2. The molecule has 1 aliphatic rings. The van der Waals surface area contributed by atoms with Crippen molar-refractivity contribution in [1.29, 1.82) is 0 Å². The smallest absolute Gasteiger partial charge is 0.253 e. The first-order chi connectivity index (χ1) is 11.8.